The smallest absolute Gasteiger partial charge is 0.425 e. The lowest BCUT2D eigenvalue weighted by atomic mass is 10.0. The van der Waals surface area contributed by atoms with Gasteiger partial charge in [-0.25, -0.2) is 0 Å². The molecule has 0 aromatic heterocycles. The van der Waals surface area contributed by atoms with Crippen molar-refractivity contribution in [2.75, 3.05) is 0 Å². The number of nitrogens with zero attached hydrogens (tertiary/aromatic N) is 4. The maximum Gasteiger partial charge on any atom is 0.425 e. The second kappa shape index (κ2) is 24.1. The minimum absolute atomic E-state index is 0.159. The van der Waals surface area contributed by atoms with Crippen LogP contribution in [0.3, 0.4) is 0 Å². The zero-order valence-corrected chi connectivity index (χ0v) is 27.5. The number of aromatic hydroxyl groups is 2. The van der Waals surface area contributed by atoms with Crippen LogP contribution in [0.2, 0.25) is 0 Å². The van der Waals surface area contributed by atoms with E-state index in [2.05, 4.69) is 42.9 Å². The van der Waals surface area contributed by atoms with Gasteiger partial charge in [-0.1, -0.05) is 82.3 Å². The van der Waals surface area contributed by atoms with E-state index >= 15 is 0 Å². The summed E-state index contributed by atoms with van der Waals surface area (Å²) in [6, 6.07) is 31.3. The Morgan fingerprint density at radius 1 is 0.630 bits per heavy atom. The highest BCUT2D eigenvalue weighted by molar-refractivity contribution is 7.59. The van der Waals surface area contributed by atoms with Crippen molar-refractivity contribution >= 4 is 38.3 Å². The van der Waals surface area contributed by atoms with Gasteiger partial charge in [0.2, 0.25) is 5.39 Å². The number of benzene rings is 4. The van der Waals surface area contributed by atoms with E-state index in [1.165, 1.54) is 5.56 Å². The maximum absolute atomic E-state index is 9.79. The van der Waals surface area contributed by atoms with Gasteiger partial charge in [0.1, 0.15) is 17.2 Å². The highest BCUT2D eigenvalue weighted by Gasteiger charge is 2.04. The van der Waals surface area contributed by atoms with E-state index in [1.807, 2.05) is 72.8 Å². The van der Waals surface area contributed by atoms with Crippen LogP contribution >= 0.6 is 0 Å². The van der Waals surface area contributed by atoms with E-state index in [9.17, 15) is 5.11 Å². The van der Waals surface area contributed by atoms with Crippen LogP contribution in [0.5, 0.6) is 11.5 Å². The van der Waals surface area contributed by atoms with Crippen molar-refractivity contribution in [3.63, 3.8) is 0 Å². The molecule has 0 aliphatic carbocycles. The summed E-state index contributed by atoms with van der Waals surface area (Å²) in [4.78, 5) is 2.97. The molecule has 0 radical (unpaired) electrons. The molecule has 4 rings (SSSR count). The molecule has 2 N–H and O–H groups in total. The monoisotopic (exact) mass is 669 g/mol. The molecule has 14 heteroatoms. The van der Waals surface area contributed by atoms with E-state index in [-0.39, 0.29) is 5.75 Å². The molecule has 0 unspecified atom stereocenters. The fourth-order valence-electron chi connectivity index (χ4n) is 3.45. The van der Waals surface area contributed by atoms with E-state index in [0.29, 0.717) is 29.0 Å². The van der Waals surface area contributed by atoms with E-state index in [4.69, 9.17) is 35.8 Å². The molecule has 0 heterocycles. The number of phenolic OH excluding ortho intramolecular Hbond substituents is 2. The number of diazo groups is 1. The second-order valence-corrected chi connectivity index (χ2v) is 10.9. The number of phenols is 2. The van der Waals surface area contributed by atoms with Gasteiger partial charge in [-0.3, -0.25) is 0 Å². The fraction of sp³-hybridized carbons (Fsp3) is 0.250. The van der Waals surface area contributed by atoms with Gasteiger partial charge in [0.25, 0.3) is 0 Å². The predicted molar refractivity (Wildman–Crippen MR) is 174 cm³/mol. The quantitative estimate of drug-likeness (QED) is 0.152. The summed E-state index contributed by atoms with van der Waals surface area (Å²) in [5.74, 6) is 1.76. The Morgan fingerprint density at radius 3 is 1.50 bits per heavy atom. The minimum Gasteiger partial charge on any atom is -0.508 e. The molecule has 12 nitrogen and oxygen atoms in total. The lowest BCUT2D eigenvalue weighted by Gasteiger charge is -2.06. The Bertz CT molecular complexity index is 1690. The molecule has 4 aromatic carbocycles. The van der Waals surface area contributed by atoms with Crippen molar-refractivity contribution in [3.8, 4) is 11.5 Å². The summed E-state index contributed by atoms with van der Waals surface area (Å²) in [5.41, 5.74) is 4.33. The van der Waals surface area contributed by atoms with Gasteiger partial charge >= 0.3 is 26.9 Å². The predicted octanol–water partition coefficient (Wildman–Crippen LogP) is 7.76. The third kappa shape index (κ3) is 23.2. The summed E-state index contributed by atoms with van der Waals surface area (Å²) in [5, 5.41) is 35.2. The SMILES string of the molecule is CC(C)Cc1ccc(O)c(N=Nc2ccccc2)c1.CC(C)Cc1ccc(O)cc1.N#[N+]c1ccccc1.O=S(=O)=O.O=S(=O)=O. The lowest BCUT2D eigenvalue weighted by Crippen LogP contribution is -1.93. The molecule has 0 spiro atoms. The first-order valence-corrected chi connectivity index (χ1v) is 15.7. The Labute approximate surface area is 271 Å². The maximum atomic E-state index is 9.79. The Morgan fingerprint density at radius 2 is 1.07 bits per heavy atom. The number of hydrogen-bond donors (Lipinski definition) is 2. The molecule has 0 bridgehead atoms. The topological polar surface area (TPSA) is 196 Å². The summed E-state index contributed by atoms with van der Waals surface area (Å²) in [7, 11) is -6.22. The van der Waals surface area contributed by atoms with Crippen molar-refractivity contribution in [3.05, 3.63) is 119 Å². The molecule has 0 amide bonds. The Hall–Kier alpha value is -5.26. The van der Waals surface area contributed by atoms with Crippen LogP contribution in [0.25, 0.3) is 4.98 Å². The van der Waals surface area contributed by atoms with Gasteiger partial charge in [0.15, 0.2) is 4.98 Å². The molecule has 0 atom stereocenters. The van der Waals surface area contributed by atoms with Crippen molar-refractivity contribution in [2.45, 2.75) is 40.5 Å². The summed E-state index contributed by atoms with van der Waals surface area (Å²) >= 11 is 0. The molecule has 0 fully saturated rings. The minimum atomic E-state index is -3.11. The van der Waals surface area contributed by atoms with Crippen LogP contribution in [0.1, 0.15) is 38.8 Å². The van der Waals surface area contributed by atoms with Crippen LogP contribution in [-0.2, 0) is 34.1 Å². The van der Waals surface area contributed by atoms with E-state index in [0.717, 1.165) is 24.1 Å². The largest absolute Gasteiger partial charge is 0.508 e. The van der Waals surface area contributed by atoms with Crippen LogP contribution in [0.4, 0.5) is 17.1 Å². The lowest BCUT2D eigenvalue weighted by molar-refractivity contribution is 0.474. The average Bonchev–Trinajstić information content (AvgIpc) is 2.99. The van der Waals surface area contributed by atoms with E-state index in [1.54, 1.807) is 30.3 Å². The zero-order valence-electron chi connectivity index (χ0n) is 25.8. The molecule has 0 aliphatic rings. The third-order valence-electron chi connectivity index (χ3n) is 5.17. The highest BCUT2D eigenvalue weighted by atomic mass is 32.2. The third-order valence-corrected chi connectivity index (χ3v) is 5.17. The molecule has 0 saturated carbocycles. The molecule has 0 saturated heterocycles. The summed E-state index contributed by atoms with van der Waals surface area (Å²) in [6.45, 7) is 8.70. The molecule has 244 valence electrons. The summed E-state index contributed by atoms with van der Waals surface area (Å²) in [6.07, 6.45) is 2.05. The Kier molecular flexibility index (Phi) is 21.4. The fourth-order valence-corrected chi connectivity index (χ4v) is 3.45. The average molecular weight is 670 g/mol. The molecule has 4 aromatic rings. The van der Waals surface area contributed by atoms with Gasteiger partial charge in [-0.15, -0.1) is 30.4 Å². The van der Waals surface area contributed by atoms with Gasteiger partial charge in [0, 0.05) is 12.1 Å². The molecule has 46 heavy (non-hydrogen) atoms. The highest BCUT2D eigenvalue weighted by Crippen LogP contribution is 2.29. The normalized spacial score (nSPS) is 9.59. The van der Waals surface area contributed by atoms with Crippen LogP contribution < -0.4 is 0 Å². The van der Waals surface area contributed by atoms with E-state index < -0.39 is 21.2 Å². The van der Waals surface area contributed by atoms with Crippen LogP contribution in [0.15, 0.2) is 113 Å². The van der Waals surface area contributed by atoms with Gasteiger partial charge in [0.05, 0.1) is 5.69 Å². The van der Waals surface area contributed by atoms with Gasteiger partial charge < -0.3 is 10.2 Å². The van der Waals surface area contributed by atoms with Crippen molar-refractivity contribution in [2.24, 2.45) is 22.1 Å². The first-order chi connectivity index (χ1) is 21.7. The first kappa shape index (κ1) is 40.7. The van der Waals surface area contributed by atoms with Crippen molar-refractivity contribution < 1.29 is 35.5 Å². The second-order valence-electron chi connectivity index (χ2n) is 10.1. The molecule has 0 aliphatic heterocycles. The molecular formula is C32H37N4O8S2+. The van der Waals surface area contributed by atoms with Crippen LogP contribution in [0, 0.1) is 17.2 Å². The standard InChI is InChI=1S/C16H18N2O.C10H14O.C6H5N2.2O3S/c1-12(2)10-13-8-9-16(19)15(11-13)18-17-14-6-4-3-5-7-14;1-8(2)7-9-3-5-10(11)6-4-9;7-8-6-4-2-1-3-5-6;2*1-4(2)3/h3-9,11-12,19H,10H2,1-2H3;3-6,8,11H,7H2,1-2H3;1-5H;;/q;;+1;;. The number of azo groups is 1. The molecular weight excluding hydrogens is 633 g/mol. The van der Waals surface area contributed by atoms with Crippen molar-refractivity contribution in [1.29, 1.82) is 5.39 Å². The Balaban J connectivity index is 0.000000634. The summed E-state index contributed by atoms with van der Waals surface area (Å²) < 4.78 is 50.7. The first-order valence-electron chi connectivity index (χ1n) is 13.7. The number of hydrogen-bond acceptors (Lipinski definition) is 11. The zero-order chi connectivity index (χ0) is 34.9. The van der Waals surface area contributed by atoms with Gasteiger partial charge in [-0.2, -0.15) is 5.11 Å². The van der Waals surface area contributed by atoms with Crippen LogP contribution in [-0.4, -0.2) is 35.5 Å². The number of rotatable bonds is 6. The van der Waals surface area contributed by atoms with Crippen molar-refractivity contribution in [1.82, 2.24) is 0 Å². The van der Waals surface area contributed by atoms with Gasteiger partial charge in [-0.05, 0) is 72.2 Å².